The number of fused-ring (bicyclic) bond motifs is 7. The maximum Gasteiger partial charge on any atom is 0.164 e. The summed E-state index contributed by atoms with van der Waals surface area (Å²) in [6.45, 7) is 0. The highest BCUT2D eigenvalue weighted by Crippen LogP contribution is 2.47. The minimum Gasteiger partial charge on any atom is -0.308 e. The van der Waals surface area contributed by atoms with Gasteiger partial charge in [0.1, 0.15) is 0 Å². The molecule has 0 spiro atoms. The van der Waals surface area contributed by atoms with Gasteiger partial charge in [0.2, 0.25) is 0 Å². The van der Waals surface area contributed by atoms with Crippen molar-refractivity contribution in [2.45, 2.75) is 0 Å². The lowest BCUT2D eigenvalue weighted by atomic mass is 10.0. The fourth-order valence-corrected chi connectivity index (χ4v) is 8.30. The summed E-state index contributed by atoms with van der Waals surface area (Å²) in [5, 5.41) is 3.55. The summed E-state index contributed by atoms with van der Waals surface area (Å²) in [7, 11) is 0. The summed E-state index contributed by atoms with van der Waals surface area (Å²) in [5.41, 5.74) is 9.22. The molecule has 4 aromatic heterocycles. The maximum absolute atomic E-state index is 5.31. The van der Waals surface area contributed by atoms with Crippen molar-refractivity contribution < 1.29 is 0 Å². The van der Waals surface area contributed by atoms with E-state index in [4.69, 9.17) is 19.9 Å². The van der Waals surface area contributed by atoms with Crippen LogP contribution in [0.3, 0.4) is 0 Å². The Morgan fingerprint density at radius 1 is 0.420 bits per heavy atom. The van der Waals surface area contributed by atoms with Crippen LogP contribution in [0, 0.1) is 0 Å². The van der Waals surface area contributed by atoms with Gasteiger partial charge in [0.25, 0.3) is 0 Å². The Kier molecular flexibility index (Phi) is 6.60. The van der Waals surface area contributed by atoms with Crippen LogP contribution in [0.25, 0.3) is 93.2 Å². The lowest BCUT2D eigenvalue weighted by Gasteiger charge is -2.13. The molecule has 0 N–H and O–H groups in total. The van der Waals surface area contributed by atoms with Crippen molar-refractivity contribution in [1.82, 2.24) is 24.5 Å². The van der Waals surface area contributed by atoms with Gasteiger partial charge in [-0.2, -0.15) is 0 Å². The Balaban J connectivity index is 1.26. The molecule has 10 aromatic rings. The first-order valence-corrected chi connectivity index (χ1v) is 17.4. The van der Waals surface area contributed by atoms with Gasteiger partial charge in [0, 0.05) is 48.8 Å². The fraction of sp³-hybridized carbons (Fsp3) is 0. The van der Waals surface area contributed by atoms with Crippen LogP contribution in [0.2, 0.25) is 0 Å². The molecule has 0 aliphatic rings. The second kappa shape index (κ2) is 11.6. The van der Waals surface area contributed by atoms with Crippen LogP contribution in [0.4, 0.5) is 0 Å². The highest BCUT2D eigenvalue weighted by molar-refractivity contribution is 7.27. The first-order valence-electron chi connectivity index (χ1n) is 16.6. The van der Waals surface area contributed by atoms with E-state index in [1.807, 2.05) is 72.0 Å². The first kappa shape index (κ1) is 28.5. The average molecular weight is 658 g/mol. The van der Waals surface area contributed by atoms with E-state index >= 15 is 0 Å². The van der Waals surface area contributed by atoms with Crippen molar-refractivity contribution in [3.63, 3.8) is 0 Å². The van der Waals surface area contributed by atoms with E-state index in [9.17, 15) is 0 Å². The highest BCUT2D eigenvalue weighted by Gasteiger charge is 2.23. The molecule has 0 saturated heterocycles. The molecule has 50 heavy (non-hydrogen) atoms. The summed E-state index contributed by atoms with van der Waals surface area (Å²) >= 11 is 1.85. The SMILES string of the molecule is c1ccc(-c2nc(-c3ccccc3)nc(-c3cccc(-n4c5ccccc5c5sc6c7ccccc7nc(-c7ccccc7)c6c54)c3)n2)cc1. The number of aromatic nitrogens is 5. The quantitative estimate of drug-likeness (QED) is 0.185. The van der Waals surface area contributed by atoms with Gasteiger partial charge in [0.15, 0.2) is 17.5 Å². The van der Waals surface area contributed by atoms with E-state index in [0.29, 0.717) is 17.5 Å². The summed E-state index contributed by atoms with van der Waals surface area (Å²) in [5.74, 6) is 1.91. The Labute approximate surface area is 291 Å². The first-order chi connectivity index (χ1) is 24.8. The van der Waals surface area contributed by atoms with E-state index in [-0.39, 0.29) is 0 Å². The molecule has 0 radical (unpaired) electrons. The number of nitrogens with zero attached hydrogens (tertiary/aromatic N) is 5. The predicted molar refractivity (Wildman–Crippen MR) is 207 cm³/mol. The third kappa shape index (κ3) is 4.61. The Bertz CT molecular complexity index is 2800. The minimum atomic E-state index is 0.625. The van der Waals surface area contributed by atoms with Crippen molar-refractivity contribution in [3.05, 3.63) is 164 Å². The van der Waals surface area contributed by atoms with Crippen LogP contribution < -0.4 is 0 Å². The van der Waals surface area contributed by atoms with E-state index in [0.717, 1.165) is 55.6 Å². The van der Waals surface area contributed by atoms with Crippen molar-refractivity contribution in [2.24, 2.45) is 0 Å². The third-order valence-corrected chi connectivity index (χ3v) is 10.5. The van der Waals surface area contributed by atoms with Gasteiger partial charge < -0.3 is 4.57 Å². The third-order valence-electron chi connectivity index (χ3n) is 9.22. The van der Waals surface area contributed by atoms with Crippen molar-refractivity contribution in [3.8, 4) is 51.1 Å². The lowest BCUT2D eigenvalue weighted by molar-refractivity contribution is 1.07. The summed E-state index contributed by atoms with van der Waals surface area (Å²) in [6.07, 6.45) is 0. The monoisotopic (exact) mass is 657 g/mol. The van der Waals surface area contributed by atoms with Crippen LogP contribution in [0.1, 0.15) is 0 Å². The molecule has 0 unspecified atom stereocenters. The molecular weight excluding hydrogens is 631 g/mol. The number of pyridine rings is 1. The Morgan fingerprint density at radius 3 is 1.64 bits per heavy atom. The zero-order valence-corrected chi connectivity index (χ0v) is 27.5. The van der Waals surface area contributed by atoms with Crippen LogP contribution in [0.5, 0.6) is 0 Å². The van der Waals surface area contributed by atoms with E-state index in [2.05, 4.69) is 108 Å². The molecule has 0 aliphatic carbocycles. The van der Waals surface area contributed by atoms with Crippen molar-refractivity contribution in [2.75, 3.05) is 0 Å². The van der Waals surface area contributed by atoms with Crippen LogP contribution in [0.15, 0.2) is 164 Å². The minimum absolute atomic E-state index is 0.625. The zero-order chi connectivity index (χ0) is 33.0. The molecule has 234 valence electrons. The topological polar surface area (TPSA) is 56.5 Å². The number of thiophene rings is 1. The average Bonchev–Trinajstić information content (AvgIpc) is 3.74. The normalized spacial score (nSPS) is 11.6. The second-order valence-corrected chi connectivity index (χ2v) is 13.3. The molecule has 0 amide bonds. The summed E-state index contributed by atoms with van der Waals surface area (Å²) < 4.78 is 4.88. The lowest BCUT2D eigenvalue weighted by Crippen LogP contribution is -2.01. The molecule has 4 heterocycles. The van der Waals surface area contributed by atoms with Crippen LogP contribution in [-0.4, -0.2) is 24.5 Å². The van der Waals surface area contributed by atoms with Gasteiger partial charge in [-0.1, -0.05) is 140 Å². The van der Waals surface area contributed by atoms with E-state index in [1.165, 1.54) is 20.2 Å². The summed E-state index contributed by atoms with van der Waals surface area (Å²) in [6, 6.07) is 56.5. The van der Waals surface area contributed by atoms with Gasteiger partial charge >= 0.3 is 0 Å². The van der Waals surface area contributed by atoms with Gasteiger partial charge in [-0.3, -0.25) is 0 Å². The molecule has 0 saturated carbocycles. The standard InChI is InChI=1S/C44H27N5S/c1-4-15-28(16-5-1)38-37-39-41(50-40(37)33-23-10-12-25-35(33)45-38)34-24-11-13-26-36(34)49(39)32-22-14-21-31(27-32)44-47-42(29-17-6-2-7-18-29)46-43(48-44)30-19-8-3-9-20-30/h1-27H. The molecule has 0 aliphatic heterocycles. The van der Waals surface area contributed by atoms with Gasteiger partial charge in [-0.25, -0.2) is 19.9 Å². The summed E-state index contributed by atoms with van der Waals surface area (Å²) in [4.78, 5) is 20.3. The highest BCUT2D eigenvalue weighted by atomic mass is 32.1. The molecule has 6 heteroatoms. The molecule has 6 aromatic carbocycles. The zero-order valence-electron chi connectivity index (χ0n) is 26.7. The van der Waals surface area contributed by atoms with Gasteiger partial charge in [0.05, 0.1) is 26.9 Å². The molecule has 0 fully saturated rings. The largest absolute Gasteiger partial charge is 0.308 e. The number of rotatable bonds is 5. The molecule has 0 atom stereocenters. The van der Waals surface area contributed by atoms with E-state index < -0.39 is 0 Å². The molecule has 0 bridgehead atoms. The van der Waals surface area contributed by atoms with Crippen LogP contribution >= 0.6 is 11.3 Å². The maximum atomic E-state index is 5.31. The number of hydrogen-bond acceptors (Lipinski definition) is 5. The smallest absolute Gasteiger partial charge is 0.164 e. The molecule has 10 rings (SSSR count). The number of benzene rings is 6. The van der Waals surface area contributed by atoms with Gasteiger partial charge in [-0.05, 0) is 24.3 Å². The molecule has 5 nitrogen and oxygen atoms in total. The van der Waals surface area contributed by atoms with Gasteiger partial charge in [-0.15, -0.1) is 11.3 Å². The van der Waals surface area contributed by atoms with Crippen LogP contribution in [-0.2, 0) is 0 Å². The van der Waals surface area contributed by atoms with Crippen molar-refractivity contribution in [1.29, 1.82) is 0 Å². The Morgan fingerprint density at radius 2 is 0.960 bits per heavy atom. The molecular formula is C44H27N5S. The number of para-hydroxylation sites is 2. The fourth-order valence-electron chi connectivity index (χ4n) is 6.94. The Hall–Kier alpha value is -6.50. The predicted octanol–water partition coefficient (Wildman–Crippen LogP) is 11.4. The van der Waals surface area contributed by atoms with Crippen molar-refractivity contribution >= 4 is 53.4 Å². The second-order valence-electron chi connectivity index (χ2n) is 12.3. The van der Waals surface area contributed by atoms with E-state index in [1.54, 1.807) is 0 Å². The number of hydrogen-bond donors (Lipinski definition) is 0.